The number of para-hydroxylation sites is 5. The van der Waals surface area contributed by atoms with E-state index in [-0.39, 0.29) is 17.9 Å². The number of hydrogen-bond donors (Lipinski definition) is 18. The standard InChI is InChI=1S/C14H16N6O3.C14H16N6O2S.C13H14N6O2S.C13H14N4O3.C13H14N4O2S/c1-20(13(15)16)5-6-22-8-3-2-4-9-11(8)18-12-10(23-9)7-17-14(21)19-12;1-20(13(15)16)5-6-21-8-3-2-4-9-11(8)18-12-10(22-9)7-17-14(23)19-12;14-12(15)16-4-5-20-7-2-1-3-8-10(7)18-11-9(21-8)6-17-13(22)19-11;1-14-5-6-19-8-3-2-4-9-11(8)16-12-10(20-9)7-15-13(18)17-12;1-14-5-6-18-8-3-2-4-9-11(8)16-12-10(19-9)7-15-13(20)17-12/h2-4,7H,5-6H2,1H3,(H3,15,16)(H2,17,18,19,21);2-4,7H,5-6H2,1H3,(H3,15,16)(H2,17,18,19,23);1-3,6H,4-5H2,(H4,14,15,16)(H2,17,18,19,22);2-4,7,14H,5-6H2,1H3,(H2,15,16,17,18);2-4,7,14H,5-6H2,1H3,(H2,15,16,17,20). The van der Waals surface area contributed by atoms with E-state index >= 15 is 0 Å². The molecule has 10 aromatic rings. The lowest BCUT2D eigenvalue weighted by Crippen LogP contribution is -2.35. The number of hydrogen-bond acceptors (Lipinski definition) is 30. The quantitative estimate of drug-likeness (QED) is 0.0147. The average Bonchev–Trinajstić information content (AvgIpc) is 0.816. The Morgan fingerprint density at radius 1 is 0.417 bits per heavy atom. The summed E-state index contributed by atoms with van der Waals surface area (Å²) in [6.07, 6.45) is 7.48. The van der Waals surface area contributed by atoms with Gasteiger partial charge in [0.15, 0.2) is 119 Å². The van der Waals surface area contributed by atoms with Crippen LogP contribution >= 0.6 is 36.7 Å². The fourth-order valence-corrected chi connectivity index (χ4v) is 10.3. The highest BCUT2D eigenvalue weighted by Crippen LogP contribution is 2.50. The number of nitrogens with zero attached hydrogens (tertiary/aromatic N) is 8. The third-order valence-corrected chi connectivity index (χ3v) is 15.9. The van der Waals surface area contributed by atoms with Crippen LogP contribution in [0.3, 0.4) is 0 Å². The molecular weight excluding hydrogens is 1460 g/mol. The number of aliphatic imine (C=N–C) groups is 1. The van der Waals surface area contributed by atoms with E-state index < -0.39 is 11.4 Å². The van der Waals surface area contributed by atoms with Crippen LogP contribution in [0.1, 0.15) is 0 Å². The summed E-state index contributed by atoms with van der Waals surface area (Å²) < 4.78 is 58.5. The van der Waals surface area contributed by atoms with Gasteiger partial charge in [-0.2, -0.15) is 9.97 Å². The molecule has 5 aliphatic heterocycles. The number of nitrogens with two attached hydrogens (primary N) is 4. The van der Waals surface area contributed by atoms with Crippen molar-refractivity contribution < 1.29 is 47.4 Å². The van der Waals surface area contributed by atoms with Crippen molar-refractivity contribution in [3.8, 4) is 86.2 Å². The third-order valence-electron chi connectivity index (χ3n) is 15.2. The second-order valence-corrected chi connectivity index (χ2v) is 23.9. The molecule has 0 unspecified atom stereocenters. The molecule has 10 heterocycles. The van der Waals surface area contributed by atoms with Crippen molar-refractivity contribution in [2.45, 2.75) is 0 Å². The topological polar surface area (TPSA) is 525 Å². The molecule has 0 radical (unpaired) electrons. The molecule has 0 fully saturated rings. The van der Waals surface area contributed by atoms with Crippen LogP contribution in [0.5, 0.6) is 86.2 Å². The maximum absolute atomic E-state index is 11.3. The molecule has 22 N–H and O–H groups in total. The fraction of sp³-hybridized carbons (Fsp3) is 0.209. The number of fused-ring (bicyclic) bond motifs is 10. The van der Waals surface area contributed by atoms with Crippen LogP contribution in [0.25, 0.3) is 0 Å². The molecule has 0 spiro atoms. The van der Waals surface area contributed by atoms with Crippen molar-refractivity contribution in [1.82, 2.24) is 70.3 Å². The second-order valence-electron chi connectivity index (χ2n) is 22.8. The van der Waals surface area contributed by atoms with Crippen LogP contribution in [-0.2, 0) is 0 Å². The Morgan fingerprint density at radius 2 is 0.685 bits per heavy atom. The normalized spacial score (nSPS) is 11.6. The average molecular weight is 1530 g/mol. The lowest BCUT2D eigenvalue weighted by atomic mass is 10.2. The number of H-pyrrole nitrogens is 5. The van der Waals surface area contributed by atoms with Crippen molar-refractivity contribution in [1.29, 1.82) is 10.8 Å². The molecule has 5 aliphatic rings. The number of guanidine groups is 3. The first-order valence-electron chi connectivity index (χ1n) is 32.7. The lowest BCUT2D eigenvalue weighted by molar-refractivity contribution is 0.283. The maximum atomic E-state index is 11.3. The molecule has 562 valence electrons. The number of likely N-dealkylation sites (N-methyl/N-ethyl adjacent to an activating group) is 4. The van der Waals surface area contributed by atoms with Gasteiger partial charge in [0.1, 0.15) is 90.2 Å². The highest BCUT2D eigenvalue weighted by atomic mass is 32.1. The Morgan fingerprint density at radius 3 is 0.963 bits per heavy atom. The molecular formula is C67H74N26O12S3. The first-order chi connectivity index (χ1) is 52.3. The second kappa shape index (κ2) is 35.8. The van der Waals surface area contributed by atoms with Crippen molar-refractivity contribution in [3.63, 3.8) is 0 Å². The minimum atomic E-state index is -0.468. The van der Waals surface area contributed by atoms with Gasteiger partial charge in [-0.05, 0) is 111 Å². The Bertz CT molecular complexity index is 5000. The first-order valence-corrected chi connectivity index (χ1v) is 33.9. The molecule has 0 aliphatic carbocycles. The summed E-state index contributed by atoms with van der Waals surface area (Å²) in [5.74, 6) is 11.9. The molecule has 0 bridgehead atoms. The molecule has 0 saturated heterocycles. The first kappa shape index (κ1) is 75.6. The van der Waals surface area contributed by atoms with Gasteiger partial charge in [0.05, 0.1) is 50.6 Å². The van der Waals surface area contributed by atoms with Gasteiger partial charge in [-0.3, -0.25) is 25.8 Å². The summed E-state index contributed by atoms with van der Waals surface area (Å²) in [6.45, 7) is 5.03. The van der Waals surface area contributed by atoms with E-state index in [1.807, 2.05) is 86.9 Å². The molecule has 0 amide bonds. The van der Waals surface area contributed by atoms with Gasteiger partial charge >= 0.3 is 11.4 Å². The molecule has 5 aromatic heterocycles. The van der Waals surface area contributed by atoms with Crippen LogP contribution in [0.4, 0.5) is 57.5 Å². The highest BCUT2D eigenvalue weighted by molar-refractivity contribution is 7.71. The molecule has 108 heavy (non-hydrogen) atoms. The summed E-state index contributed by atoms with van der Waals surface area (Å²) in [4.78, 5) is 62.9. The summed E-state index contributed by atoms with van der Waals surface area (Å²) in [7, 11) is 7.19. The zero-order valence-electron chi connectivity index (χ0n) is 58.1. The number of benzene rings is 5. The molecule has 0 saturated carbocycles. The van der Waals surface area contributed by atoms with Crippen LogP contribution < -0.4 is 119 Å². The Labute approximate surface area is 629 Å². The Hall–Kier alpha value is -13.5. The van der Waals surface area contributed by atoms with Crippen LogP contribution in [0, 0.1) is 25.1 Å². The lowest BCUT2D eigenvalue weighted by Gasteiger charge is -2.23. The number of aromatic nitrogens is 10. The number of nitrogens with one attached hydrogen (secondary N) is 14. The highest BCUT2D eigenvalue weighted by Gasteiger charge is 2.27. The molecule has 38 nitrogen and oxygen atoms in total. The number of aromatic amines is 5. The predicted octanol–water partition coefficient (Wildman–Crippen LogP) is 8.46. The van der Waals surface area contributed by atoms with E-state index in [9.17, 15) is 9.59 Å². The minimum absolute atomic E-state index is 0.000786. The van der Waals surface area contributed by atoms with Crippen molar-refractivity contribution >= 4 is 112 Å². The predicted molar refractivity (Wildman–Crippen MR) is 412 cm³/mol. The van der Waals surface area contributed by atoms with E-state index in [1.54, 1.807) is 60.7 Å². The Balaban J connectivity index is 0.000000134. The number of ether oxygens (including phenoxy) is 10. The summed E-state index contributed by atoms with van der Waals surface area (Å²) in [6, 6.07) is 27.5. The van der Waals surface area contributed by atoms with Crippen LogP contribution in [0.2, 0.25) is 0 Å². The third kappa shape index (κ3) is 19.7. The van der Waals surface area contributed by atoms with Gasteiger partial charge in [0.25, 0.3) is 0 Å². The Kier molecular flexibility index (Phi) is 25.1. The largest absolute Gasteiger partial charge is 0.490 e. The van der Waals surface area contributed by atoms with Crippen molar-refractivity contribution in [3.05, 3.63) is 157 Å². The van der Waals surface area contributed by atoms with Gasteiger partial charge in [0.2, 0.25) is 0 Å². The number of anilines is 10. The van der Waals surface area contributed by atoms with Gasteiger partial charge in [0, 0.05) is 27.2 Å². The van der Waals surface area contributed by atoms with E-state index in [0.717, 1.165) is 24.5 Å². The van der Waals surface area contributed by atoms with Gasteiger partial charge in [-0.25, -0.2) is 24.5 Å². The van der Waals surface area contributed by atoms with Gasteiger partial charge in [-0.1, -0.05) is 30.3 Å². The van der Waals surface area contributed by atoms with Crippen LogP contribution in [-0.4, -0.2) is 171 Å². The number of rotatable bonds is 20. The molecule has 5 aromatic carbocycles. The molecule has 41 heteroatoms. The molecule has 15 rings (SSSR count). The molecule has 0 atom stereocenters. The summed E-state index contributed by atoms with van der Waals surface area (Å²) in [5, 5.41) is 36.5. The maximum Gasteiger partial charge on any atom is 0.346 e. The van der Waals surface area contributed by atoms with E-state index in [2.05, 4.69) is 92.0 Å². The van der Waals surface area contributed by atoms with E-state index in [0.29, 0.717) is 199 Å². The SMILES string of the molecule is CN(CCOc1cccc2c1Nc1[nH]c(=O)ncc1O2)C(=N)N.CN(CCOc1cccc2c1Nc1[nH]c(=S)ncc1O2)C(=N)N.CNCCOc1cccc2c1Nc1[nH]c(=O)ncc1O2.CNCCOc1cccc2c1Nc1[nH]c(=S)ncc1O2.NC(N)=NCCOc1cccc2c1Nc1[nH]c(=S)ncc1O2. The smallest absolute Gasteiger partial charge is 0.346 e. The summed E-state index contributed by atoms with van der Waals surface area (Å²) >= 11 is 15.0. The van der Waals surface area contributed by atoms with Crippen LogP contribution in [0.15, 0.2) is 137 Å². The van der Waals surface area contributed by atoms with E-state index in [1.165, 1.54) is 12.4 Å². The zero-order valence-corrected chi connectivity index (χ0v) is 60.6. The van der Waals surface area contributed by atoms with Crippen molar-refractivity contribution in [2.24, 2.45) is 27.9 Å². The monoisotopic (exact) mass is 1530 g/mol. The van der Waals surface area contributed by atoms with Gasteiger partial charge < -0.3 is 132 Å². The minimum Gasteiger partial charge on any atom is -0.490 e. The van der Waals surface area contributed by atoms with Crippen molar-refractivity contribution in [2.75, 3.05) is 121 Å². The summed E-state index contributed by atoms with van der Waals surface area (Å²) in [5.41, 5.74) is 23.9. The fourth-order valence-electron chi connectivity index (χ4n) is 9.86. The van der Waals surface area contributed by atoms with Gasteiger partial charge in [-0.15, -0.1) is 0 Å². The zero-order chi connectivity index (χ0) is 76.2. The van der Waals surface area contributed by atoms with E-state index in [4.69, 9.17) is 118 Å².